The molecule has 25 heavy (non-hydrogen) atoms. The molecule has 0 bridgehead atoms. The van der Waals surface area contributed by atoms with E-state index in [1.165, 1.54) is 11.8 Å². The van der Waals surface area contributed by atoms with Gasteiger partial charge in [-0.1, -0.05) is 55.9 Å². The molecular weight excluding hydrogens is 352 g/mol. The lowest BCUT2D eigenvalue weighted by molar-refractivity contribution is -0.143. The Morgan fingerprint density at radius 2 is 1.96 bits per heavy atom. The topological polar surface area (TPSA) is 52.1 Å². The highest BCUT2D eigenvalue weighted by Gasteiger charge is 2.21. The molecule has 4 nitrogen and oxygen atoms in total. The molecule has 0 radical (unpaired) electrons. The van der Waals surface area contributed by atoms with E-state index in [1.807, 2.05) is 39.0 Å². The van der Waals surface area contributed by atoms with Crippen LogP contribution in [0.3, 0.4) is 0 Å². The second-order valence-electron chi connectivity index (χ2n) is 6.16. The normalized spacial score (nSPS) is 12.5. The van der Waals surface area contributed by atoms with Crippen molar-refractivity contribution >= 4 is 39.3 Å². The molecule has 2 heterocycles. The van der Waals surface area contributed by atoms with E-state index < -0.39 is 0 Å². The van der Waals surface area contributed by atoms with Gasteiger partial charge >= 0.3 is 5.97 Å². The molecule has 130 valence electrons. The molecule has 2 aromatic heterocycles. The van der Waals surface area contributed by atoms with Crippen molar-refractivity contribution < 1.29 is 9.53 Å². The number of thioether (sulfide) groups is 1. The Kier molecular flexibility index (Phi) is 5.71. The van der Waals surface area contributed by atoms with Crippen LogP contribution in [-0.4, -0.2) is 27.8 Å². The maximum Gasteiger partial charge on any atom is 0.319 e. The van der Waals surface area contributed by atoms with Crippen LogP contribution in [0.2, 0.25) is 0 Å². The van der Waals surface area contributed by atoms with Gasteiger partial charge in [-0.25, -0.2) is 9.97 Å². The zero-order valence-corrected chi connectivity index (χ0v) is 16.1. The summed E-state index contributed by atoms with van der Waals surface area (Å²) in [5.74, 6) is 0.121. The summed E-state index contributed by atoms with van der Waals surface area (Å²) in [4.78, 5) is 21.9. The van der Waals surface area contributed by atoms with Crippen LogP contribution < -0.4 is 0 Å². The van der Waals surface area contributed by atoms with Crippen molar-refractivity contribution in [1.29, 1.82) is 0 Å². The number of carbonyl (C=O) groups is 1. The molecule has 0 spiro atoms. The van der Waals surface area contributed by atoms with E-state index in [-0.39, 0.29) is 11.2 Å². The van der Waals surface area contributed by atoms with Crippen LogP contribution in [-0.2, 0) is 9.53 Å². The van der Waals surface area contributed by atoms with Crippen LogP contribution in [0.4, 0.5) is 0 Å². The van der Waals surface area contributed by atoms with Crippen LogP contribution in [0, 0.1) is 5.92 Å². The summed E-state index contributed by atoms with van der Waals surface area (Å²) in [5.41, 5.74) is 2.23. The van der Waals surface area contributed by atoms with Crippen LogP contribution in [0.5, 0.6) is 0 Å². The highest BCUT2D eigenvalue weighted by molar-refractivity contribution is 8.00. The molecule has 0 aliphatic carbocycles. The number of hydrogen-bond donors (Lipinski definition) is 0. The largest absolute Gasteiger partial charge is 0.465 e. The third-order valence-corrected chi connectivity index (χ3v) is 5.56. The van der Waals surface area contributed by atoms with Gasteiger partial charge < -0.3 is 4.74 Å². The third-order valence-electron chi connectivity index (χ3n) is 3.60. The zero-order chi connectivity index (χ0) is 17.8. The number of hydrogen-bond acceptors (Lipinski definition) is 6. The Hall–Kier alpha value is -1.92. The first kappa shape index (κ1) is 17.9. The highest BCUT2D eigenvalue weighted by Crippen LogP contribution is 2.38. The molecule has 0 N–H and O–H groups in total. The second-order valence-corrected chi connectivity index (χ2v) is 8.35. The SMILES string of the molecule is CC(C)COC(=O)[C@@H](C)Sc1ncnc2scc(-c3ccccc3)c12. The fourth-order valence-corrected chi connectivity index (χ4v) is 4.26. The van der Waals surface area contributed by atoms with Crippen molar-refractivity contribution in [3.05, 3.63) is 42.0 Å². The summed E-state index contributed by atoms with van der Waals surface area (Å²) in [7, 11) is 0. The molecule has 0 saturated heterocycles. The first-order valence-corrected chi connectivity index (χ1v) is 9.93. The lowest BCUT2D eigenvalue weighted by Crippen LogP contribution is -2.19. The van der Waals surface area contributed by atoms with Crippen molar-refractivity contribution in [3.8, 4) is 11.1 Å². The Morgan fingerprint density at radius 3 is 2.68 bits per heavy atom. The van der Waals surface area contributed by atoms with Crippen LogP contribution in [0.1, 0.15) is 20.8 Å². The summed E-state index contributed by atoms with van der Waals surface area (Å²) >= 11 is 3.02. The molecule has 3 aromatic rings. The average Bonchev–Trinajstić information content (AvgIpc) is 3.05. The number of ether oxygens (including phenoxy) is 1. The number of benzene rings is 1. The minimum absolute atomic E-state index is 0.207. The molecule has 0 saturated carbocycles. The maximum atomic E-state index is 12.2. The van der Waals surface area contributed by atoms with Crippen molar-refractivity contribution in [2.45, 2.75) is 31.0 Å². The predicted octanol–water partition coefficient (Wildman–Crippen LogP) is 5.04. The van der Waals surface area contributed by atoms with Gasteiger partial charge in [0.05, 0.1) is 12.0 Å². The number of esters is 1. The Labute approximate surface area is 155 Å². The van der Waals surface area contributed by atoms with Gasteiger partial charge in [-0.05, 0) is 18.4 Å². The minimum Gasteiger partial charge on any atom is -0.465 e. The number of nitrogens with zero attached hydrogens (tertiary/aromatic N) is 2. The first-order valence-electron chi connectivity index (χ1n) is 8.17. The van der Waals surface area contributed by atoms with E-state index in [2.05, 4.69) is 27.5 Å². The number of aromatic nitrogens is 2. The van der Waals surface area contributed by atoms with E-state index in [0.29, 0.717) is 12.5 Å². The van der Waals surface area contributed by atoms with Gasteiger partial charge in [-0.15, -0.1) is 11.3 Å². The average molecular weight is 373 g/mol. The van der Waals surface area contributed by atoms with Crippen LogP contribution in [0.15, 0.2) is 47.1 Å². The summed E-state index contributed by atoms with van der Waals surface area (Å²) in [6.07, 6.45) is 1.56. The lowest BCUT2D eigenvalue weighted by atomic mass is 10.1. The van der Waals surface area contributed by atoms with Crippen molar-refractivity contribution in [1.82, 2.24) is 9.97 Å². The van der Waals surface area contributed by atoms with Gasteiger partial charge in [-0.3, -0.25) is 4.79 Å². The Balaban J connectivity index is 1.89. The Bertz CT molecular complexity index is 862. The van der Waals surface area contributed by atoms with Crippen LogP contribution in [0.25, 0.3) is 21.3 Å². The van der Waals surface area contributed by atoms with Gasteiger partial charge in [-0.2, -0.15) is 0 Å². The number of rotatable bonds is 6. The van der Waals surface area contributed by atoms with Gasteiger partial charge in [0.25, 0.3) is 0 Å². The monoisotopic (exact) mass is 372 g/mol. The molecule has 0 amide bonds. The van der Waals surface area contributed by atoms with E-state index in [0.717, 1.165) is 26.4 Å². The van der Waals surface area contributed by atoms with E-state index in [9.17, 15) is 4.79 Å². The molecule has 3 rings (SSSR count). The van der Waals surface area contributed by atoms with Crippen molar-refractivity contribution in [2.75, 3.05) is 6.61 Å². The minimum atomic E-state index is -0.319. The van der Waals surface area contributed by atoms with Gasteiger partial charge in [0.1, 0.15) is 21.4 Å². The summed E-state index contributed by atoms with van der Waals surface area (Å²) in [6.45, 7) is 6.35. The van der Waals surface area contributed by atoms with Crippen LogP contribution >= 0.6 is 23.1 Å². The molecule has 0 aliphatic heterocycles. The lowest BCUT2D eigenvalue weighted by Gasteiger charge is -2.13. The second kappa shape index (κ2) is 7.97. The maximum absolute atomic E-state index is 12.2. The smallest absolute Gasteiger partial charge is 0.319 e. The van der Waals surface area contributed by atoms with Crippen molar-refractivity contribution in [3.63, 3.8) is 0 Å². The van der Waals surface area contributed by atoms with E-state index in [4.69, 9.17) is 4.74 Å². The zero-order valence-electron chi connectivity index (χ0n) is 14.4. The molecule has 1 atom stereocenters. The summed E-state index contributed by atoms with van der Waals surface area (Å²) in [6, 6.07) is 10.2. The summed E-state index contributed by atoms with van der Waals surface area (Å²) < 4.78 is 5.35. The highest BCUT2D eigenvalue weighted by atomic mass is 32.2. The fourth-order valence-electron chi connectivity index (χ4n) is 2.35. The van der Waals surface area contributed by atoms with Gasteiger partial charge in [0, 0.05) is 10.9 Å². The molecule has 0 unspecified atom stereocenters. The first-order chi connectivity index (χ1) is 12.1. The standard InChI is InChI=1S/C19H20N2O2S2/c1-12(2)9-23-19(22)13(3)25-18-16-15(14-7-5-4-6-8-14)10-24-17(16)20-11-21-18/h4-8,10-13H,9H2,1-3H3/t13-/m1/s1. The molecule has 1 aromatic carbocycles. The fraction of sp³-hybridized carbons (Fsp3) is 0.316. The quantitative estimate of drug-likeness (QED) is 0.345. The number of carbonyl (C=O) groups excluding carboxylic acids is 1. The number of fused-ring (bicyclic) bond motifs is 1. The Morgan fingerprint density at radius 1 is 1.20 bits per heavy atom. The van der Waals surface area contributed by atoms with E-state index in [1.54, 1.807) is 17.7 Å². The van der Waals surface area contributed by atoms with E-state index >= 15 is 0 Å². The molecule has 6 heteroatoms. The molecule has 0 fully saturated rings. The third kappa shape index (κ3) is 4.19. The molecular formula is C19H20N2O2S2. The molecule has 0 aliphatic rings. The summed E-state index contributed by atoms with van der Waals surface area (Å²) in [5, 5.41) is 3.60. The van der Waals surface area contributed by atoms with Crippen molar-refractivity contribution in [2.24, 2.45) is 5.92 Å². The predicted molar refractivity (Wildman–Crippen MR) is 104 cm³/mol. The number of thiophene rings is 1. The van der Waals surface area contributed by atoms with Gasteiger partial charge in [0.15, 0.2) is 0 Å². The van der Waals surface area contributed by atoms with Gasteiger partial charge in [0.2, 0.25) is 0 Å².